The number of rotatable bonds is 3. The number of hydrogen-bond donors (Lipinski definition) is 1. The summed E-state index contributed by atoms with van der Waals surface area (Å²) in [5, 5.41) is 9.46. The summed E-state index contributed by atoms with van der Waals surface area (Å²) in [7, 11) is 0. The predicted octanol–water partition coefficient (Wildman–Crippen LogP) is 3.57. The Balaban J connectivity index is 2.58. The van der Waals surface area contributed by atoms with E-state index in [2.05, 4.69) is 0 Å². The predicted molar refractivity (Wildman–Crippen MR) is 68.3 cm³/mol. The number of carbonyl (C=O) groups is 1. The van der Waals surface area contributed by atoms with Crippen LogP contribution in [-0.4, -0.2) is 11.4 Å². The number of aromatic hydroxyl groups is 1. The molecular weight excluding hydrogens is 231 g/mol. The fraction of sp³-hybridized carbons (Fsp3) is 0.133. The highest BCUT2D eigenvalue weighted by Crippen LogP contribution is 2.28. The van der Waals surface area contributed by atoms with Crippen molar-refractivity contribution < 1.29 is 14.3 Å². The Bertz CT molecular complexity index is 591. The Kier molecular flexibility index (Phi) is 3.42. The van der Waals surface area contributed by atoms with Crippen LogP contribution in [0.3, 0.4) is 0 Å². The molecule has 1 N–H and O–H groups in total. The highest BCUT2D eigenvalue weighted by atomic mass is 19.1. The van der Waals surface area contributed by atoms with Gasteiger partial charge in [0.05, 0.1) is 5.56 Å². The summed E-state index contributed by atoms with van der Waals surface area (Å²) in [6.45, 7) is 1.94. The van der Waals surface area contributed by atoms with Crippen molar-refractivity contribution in [2.24, 2.45) is 0 Å². The SMILES string of the molecule is CCc1cc(F)ccc1-c1ccc(O)c(C=O)c1. The van der Waals surface area contributed by atoms with Gasteiger partial charge in [-0.25, -0.2) is 4.39 Å². The molecule has 0 aliphatic carbocycles. The normalized spacial score (nSPS) is 10.3. The van der Waals surface area contributed by atoms with Crippen LogP contribution in [0, 0.1) is 5.82 Å². The average Bonchev–Trinajstić information content (AvgIpc) is 2.39. The van der Waals surface area contributed by atoms with Crippen LogP contribution < -0.4 is 0 Å². The van der Waals surface area contributed by atoms with Crippen molar-refractivity contribution in [1.29, 1.82) is 0 Å². The van der Waals surface area contributed by atoms with Crippen LogP contribution >= 0.6 is 0 Å². The van der Waals surface area contributed by atoms with Gasteiger partial charge in [-0.15, -0.1) is 0 Å². The number of aldehydes is 1. The van der Waals surface area contributed by atoms with E-state index < -0.39 is 0 Å². The first-order valence-electron chi connectivity index (χ1n) is 5.72. The molecule has 0 aliphatic heterocycles. The van der Waals surface area contributed by atoms with Gasteiger partial charge in [0.2, 0.25) is 0 Å². The third-order valence-corrected chi connectivity index (χ3v) is 2.91. The van der Waals surface area contributed by atoms with Crippen molar-refractivity contribution >= 4 is 6.29 Å². The van der Waals surface area contributed by atoms with Gasteiger partial charge in [0, 0.05) is 0 Å². The summed E-state index contributed by atoms with van der Waals surface area (Å²) in [4.78, 5) is 10.8. The molecule has 92 valence electrons. The zero-order valence-electron chi connectivity index (χ0n) is 9.98. The van der Waals surface area contributed by atoms with E-state index in [0.717, 1.165) is 16.7 Å². The first-order valence-corrected chi connectivity index (χ1v) is 5.72. The number of phenols is 1. The number of hydrogen-bond acceptors (Lipinski definition) is 2. The zero-order chi connectivity index (χ0) is 13.1. The topological polar surface area (TPSA) is 37.3 Å². The highest BCUT2D eigenvalue weighted by Gasteiger charge is 2.08. The zero-order valence-corrected chi connectivity index (χ0v) is 9.98. The number of aryl methyl sites for hydroxylation is 1. The van der Waals surface area contributed by atoms with Gasteiger partial charge in [-0.2, -0.15) is 0 Å². The van der Waals surface area contributed by atoms with Gasteiger partial charge in [-0.3, -0.25) is 4.79 Å². The van der Waals surface area contributed by atoms with Crippen LogP contribution in [-0.2, 0) is 6.42 Å². The lowest BCUT2D eigenvalue weighted by Crippen LogP contribution is -1.91. The minimum atomic E-state index is -0.273. The minimum absolute atomic E-state index is 0.0473. The number of halogens is 1. The van der Waals surface area contributed by atoms with Crippen molar-refractivity contribution in [3.05, 3.63) is 53.3 Å². The van der Waals surface area contributed by atoms with Crippen LogP contribution in [0.5, 0.6) is 5.75 Å². The Hall–Kier alpha value is -2.16. The van der Waals surface area contributed by atoms with Gasteiger partial charge in [0.1, 0.15) is 11.6 Å². The molecule has 2 nitrogen and oxygen atoms in total. The molecule has 2 aromatic carbocycles. The standard InChI is InChI=1S/C15H13FO2/c1-2-10-8-13(16)4-5-14(10)11-3-6-15(18)12(7-11)9-17/h3-9,18H,2H2,1H3. The highest BCUT2D eigenvalue weighted by molar-refractivity contribution is 5.83. The van der Waals surface area contributed by atoms with Crippen molar-refractivity contribution in [3.8, 4) is 16.9 Å². The molecule has 0 aliphatic rings. The Morgan fingerprint density at radius 3 is 2.67 bits per heavy atom. The van der Waals surface area contributed by atoms with Gasteiger partial charge >= 0.3 is 0 Å². The summed E-state index contributed by atoms with van der Waals surface area (Å²) < 4.78 is 13.2. The first kappa shape index (κ1) is 12.3. The largest absolute Gasteiger partial charge is 0.507 e. The van der Waals surface area contributed by atoms with Crippen molar-refractivity contribution in [3.63, 3.8) is 0 Å². The maximum absolute atomic E-state index is 13.2. The molecule has 0 aromatic heterocycles. The van der Waals surface area contributed by atoms with Crippen LogP contribution in [0.1, 0.15) is 22.8 Å². The summed E-state index contributed by atoms with van der Waals surface area (Å²) in [5.74, 6) is -0.320. The van der Waals surface area contributed by atoms with Crippen molar-refractivity contribution in [2.45, 2.75) is 13.3 Å². The molecule has 18 heavy (non-hydrogen) atoms. The lowest BCUT2D eigenvalue weighted by atomic mass is 9.96. The molecule has 0 amide bonds. The smallest absolute Gasteiger partial charge is 0.153 e. The molecule has 0 radical (unpaired) electrons. The second-order valence-electron chi connectivity index (χ2n) is 4.05. The van der Waals surface area contributed by atoms with E-state index in [1.165, 1.54) is 18.2 Å². The van der Waals surface area contributed by atoms with E-state index in [4.69, 9.17) is 0 Å². The van der Waals surface area contributed by atoms with E-state index in [1.54, 1.807) is 18.2 Å². The Labute approximate surface area is 105 Å². The van der Waals surface area contributed by atoms with Gasteiger partial charge in [0.15, 0.2) is 6.29 Å². The molecule has 0 fully saturated rings. The Morgan fingerprint density at radius 2 is 2.00 bits per heavy atom. The number of benzene rings is 2. The molecule has 0 atom stereocenters. The monoisotopic (exact) mass is 244 g/mol. The van der Waals surface area contributed by atoms with Crippen LogP contribution in [0.2, 0.25) is 0 Å². The summed E-state index contributed by atoms with van der Waals surface area (Å²) in [6, 6.07) is 9.37. The molecular formula is C15H13FO2. The first-order chi connectivity index (χ1) is 8.65. The van der Waals surface area contributed by atoms with Gasteiger partial charge in [-0.05, 0) is 47.4 Å². The summed E-state index contributed by atoms with van der Waals surface area (Å²) >= 11 is 0. The third-order valence-electron chi connectivity index (χ3n) is 2.91. The van der Waals surface area contributed by atoms with Gasteiger partial charge < -0.3 is 5.11 Å². The molecule has 2 rings (SSSR count). The van der Waals surface area contributed by atoms with Crippen LogP contribution in [0.4, 0.5) is 4.39 Å². The van der Waals surface area contributed by atoms with Crippen molar-refractivity contribution in [1.82, 2.24) is 0 Å². The lowest BCUT2D eigenvalue weighted by molar-refractivity contribution is 0.112. The van der Waals surface area contributed by atoms with Crippen molar-refractivity contribution in [2.75, 3.05) is 0 Å². The summed E-state index contributed by atoms with van der Waals surface area (Å²) in [5.41, 5.74) is 2.78. The van der Waals surface area contributed by atoms with Gasteiger partial charge in [0.25, 0.3) is 0 Å². The number of phenolic OH excluding ortho intramolecular Hbond substituents is 1. The molecule has 0 heterocycles. The quantitative estimate of drug-likeness (QED) is 0.838. The van der Waals surface area contributed by atoms with E-state index in [1.807, 2.05) is 6.92 Å². The molecule has 0 spiro atoms. The van der Waals surface area contributed by atoms with Crippen LogP contribution in [0.25, 0.3) is 11.1 Å². The molecule has 0 bridgehead atoms. The van der Waals surface area contributed by atoms with E-state index >= 15 is 0 Å². The third kappa shape index (κ3) is 2.25. The fourth-order valence-corrected chi connectivity index (χ4v) is 1.95. The van der Waals surface area contributed by atoms with E-state index in [-0.39, 0.29) is 17.1 Å². The molecule has 2 aromatic rings. The molecule has 0 unspecified atom stereocenters. The second kappa shape index (κ2) is 5.00. The average molecular weight is 244 g/mol. The number of carbonyl (C=O) groups excluding carboxylic acids is 1. The fourth-order valence-electron chi connectivity index (χ4n) is 1.95. The van der Waals surface area contributed by atoms with E-state index in [0.29, 0.717) is 12.7 Å². The maximum Gasteiger partial charge on any atom is 0.153 e. The lowest BCUT2D eigenvalue weighted by Gasteiger charge is -2.09. The van der Waals surface area contributed by atoms with Gasteiger partial charge in [-0.1, -0.05) is 19.1 Å². The Morgan fingerprint density at radius 1 is 1.22 bits per heavy atom. The molecule has 3 heteroatoms. The minimum Gasteiger partial charge on any atom is -0.507 e. The summed E-state index contributed by atoms with van der Waals surface area (Å²) in [6.07, 6.45) is 1.30. The maximum atomic E-state index is 13.2. The molecule has 0 saturated carbocycles. The second-order valence-corrected chi connectivity index (χ2v) is 4.05. The van der Waals surface area contributed by atoms with Crippen LogP contribution in [0.15, 0.2) is 36.4 Å². The molecule has 0 saturated heterocycles. The van der Waals surface area contributed by atoms with E-state index in [9.17, 15) is 14.3 Å².